The number of ketones is 1. The number of fused-ring (bicyclic) bond motifs is 1. The summed E-state index contributed by atoms with van der Waals surface area (Å²) in [7, 11) is 0. The van der Waals surface area contributed by atoms with Crippen molar-refractivity contribution in [1.29, 1.82) is 0 Å². The third-order valence-electron chi connectivity index (χ3n) is 5.71. The molecule has 0 aliphatic heterocycles. The number of Topliss-reactive ketones (excluding diaryl/α,β-unsaturated/α-hetero) is 1. The minimum absolute atomic E-state index is 0.184. The highest BCUT2D eigenvalue weighted by Crippen LogP contribution is 2.67. The summed E-state index contributed by atoms with van der Waals surface area (Å²) in [5, 5.41) is 0. The van der Waals surface area contributed by atoms with Crippen LogP contribution in [0.2, 0.25) is 0 Å². The molecule has 3 atom stereocenters. The van der Waals surface area contributed by atoms with Crippen LogP contribution in [0.5, 0.6) is 0 Å². The van der Waals surface area contributed by atoms with E-state index in [4.69, 9.17) is 0 Å². The number of aryl methyl sites for hydroxylation is 1. The van der Waals surface area contributed by atoms with Crippen molar-refractivity contribution >= 4 is 5.78 Å². The van der Waals surface area contributed by atoms with E-state index in [1.54, 1.807) is 0 Å². The van der Waals surface area contributed by atoms with Gasteiger partial charge in [0.25, 0.3) is 0 Å². The Kier molecular flexibility index (Phi) is 1.84. The fourth-order valence-electron chi connectivity index (χ4n) is 4.95. The molecular weight excluding hydrogens is 220 g/mol. The molecular formula is C17H18O. The lowest BCUT2D eigenvalue weighted by molar-refractivity contribution is -0.155. The van der Waals surface area contributed by atoms with Crippen LogP contribution in [0, 0.1) is 11.3 Å². The fourth-order valence-corrected chi connectivity index (χ4v) is 4.95. The van der Waals surface area contributed by atoms with Gasteiger partial charge in [0.2, 0.25) is 0 Å². The van der Waals surface area contributed by atoms with E-state index in [9.17, 15) is 4.79 Å². The smallest absolute Gasteiger partial charge is 0.145 e. The zero-order chi connectivity index (χ0) is 12.4. The Labute approximate surface area is 108 Å². The summed E-state index contributed by atoms with van der Waals surface area (Å²) in [5.41, 5.74) is 2.80. The van der Waals surface area contributed by atoms with Gasteiger partial charge >= 0.3 is 0 Å². The van der Waals surface area contributed by atoms with E-state index >= 15 is 0 Å². The van der Waals surface area contributed by atoms with Gasteiger partial charge in [-0.2, -0.15) is 0 Å². The van der Waals surface area contributed by atoms with E-state index in [0.29, 0.717) is 11.7 Å². The normalized spacial score (nSPS) is 40.5. The fraction of sp³-hybridized carbons (Fsp3) is 0.471. The van der Waals surface area contributed by atoms with Crippen LogP contribution >= 0.6 is 0 Å². The van der Waals surface area contributed by atoms with Crippen LogP contribution in [0.15, 0.2) is 36.4 Å². The van der Waals surface area contributed by atoms with Crippen LogP contribution in [-0.4, -0.2) is 5.78 Å². The summed E-state index contributed by atoms with van der Waals surface area (Å²) in [4.78, 5) is 12.6. The molecule has 1 heteroatoms. The second-order valence-corrected chi connectivity index (χ2v) is 6.27. The van der Waals surface area contributed by atoms with Crippen molar-refractivity contribution in [2.24, 2.45) is 11.3 Å². The van der Waals surface area contributed by atoms with Crippen LogP contribution in [0.3, 0.4) is 0 Å². The van der Waals surface area contributed by atoms with Gasteiger partial charge in [-0.05, 0) is 41.7 Å². The average molecular weight is 238 g/mol. The Morgan fingerprint density at radius 1 is 1.28 bits per heavy atom. The van der Waals surface area contributed by atoms with Crippen molar-refractivity contribution in [2.75, 3.05) is 0 Å². The zero-order valence-electron chi connectivity index (χ0n) is 10.8. The van der Waals surface area contributed by atoms with Crippen molar-refractivity contribution in [1.82, 2.24) is 0 Å². The number of hydrogen-bond acceptors (Lipinski definition) is 1. The van der Waals surface area contributed by atoms with Gasteiger partial charge in [-0.25, -0.2) is 0 Å². The molecule has 4 rings (SSSR count). The SMILES string of the molecule is C[C@H]1C=CC[C@]23CCc4ccccc4[C@@]12C(=O)C3. The lowest BCUT2D eigenvalue weighted by Gasteiger charge is -2.64. The second-order valence-electron chi connectivity index (χ2n) is 6.27. The van der Waals surface area contributed by atoms with Crippen LogP contribution in [-0.2, 0) is 16.6 Å². The Balaban J connectivity index is 2.03. The van der Waals surface area contributed by atoms with Gasteiger partial charge in [0.05, 0.1) is 5.41 Å². The molecule has 18 heavy (non-hydrogen) atoms. The van der Waals surface area contributed by atoms with Gasteiger partial charge in [-0.1, -0.05) is 43.3 Å². The summed E-state index contributed by atoms with van der Waals surface area (Å²) in [6.45, 7) is 2.23. The highest BCUT2D eigenvalue weighted by Gasteiger charge is 2.69. The third-order valence-corrected chi connectivity index (χ3v) is 5.71. The largest absolute Gasteiger partial charge is 0.299 e. The molecule has 1 fully saturated rings. The molecule has 0 saturated heterocycles. The number of carbonyl (C=O) groups is 1. The van der Waals surface area contributed by atoms with Crippen molar-refractivity contribution in [2.45, 2.75) is 38.0 Å². The van der Waals surface area contributed by atoms with Gasteiger partial charge in [0.1, 0.15) is 5.78 Å². The van der Waals surface area contributed by atoms with Gasteiger partial charge in [0, 0.05) is 6.42 Å². The summed E-state index contributed by atoms with van der Waals surface area (Å²) < 4.78 is 0. The first kappa shape index (κ1) is 10.5. The number of carbonyl (C=O) groups excluding carboxylic acids is 1. The van der Waals surface area contributed by atoms with E-state index in [2.05, 4.69) is 43.3 Å². The molecule has 3 aliphatic rings. The minimum atomic E-state index is -0.184. The lowest BCUT2D eigenvalue weighted by Crippen LogP contribution is -2.68. The molecule has 1 aromatic carbocycles. The van der Waals surface area contributed by atoms with Crippen LogP contribution < -0.4 is 0 Å². The molecule has 0 amide bonds. The summed E-state index contributed by atoms with van der Waals surface area (Å²) in [5.74, 6) is 0.834. The van der Waals surface area contributed by atoms with E-state index in [1.807, 2.05) is 0 Å². The monoisotopic (exact) mass is 238 g/mol. The lowest BCUT2D eigenvalue weighted by atomic mass is 9.36. The topological polar surface area (TPSA) is 17.1 Å². The molecule has 0 spiro atoms. The maximum absolute atomic E-state index is 12.6. The predicted molar refractivity (Wildman–Crippen MR) is 71.4 cm³/mol. The Bertz CT molecular complexity index is 571. The van der Waals surface area contributed by atoms with Crippen molar-refractivity contribution in [3.63, 3.8) is 0 Å². The number of allylic oxidation sites excluding steroid dienone is 2. The van der Waals surface area contributed by atoms with E-state index in [-0.39, 0.29) is 10.8 Å². The van der Waals surface area contributed by atoms with Crippen molar-refractivity contribution < 1.29 is 4.79 Å². The van der Waals surface area contributed by atoms with Crippen LogP contribution in [0.25, 0.3) is 0 Å². The Morgan fingerprint density at radius 3 is 2.94 bits per heavy atom. The molecule has 0 N–H and O–H groups in total. The van der Waals surface area contributed by atoms with E-state index < -0.39 is 0 Å². The quantitative estimate of drug-likeness (QED) is 0.633. The highest BCUT2D eigenvalue weighted by molar-refractivity contribution is 6.00. The van der Waals surface area contributed by atoms with Crippen molar-refractivity contribution in [3.05, 3.63) is 47.5 Å². The van der Waals surface area contributed by atoms with E-state index in [0.717, 1.165) is 19.3 Å². The second kappa shape index (κ2) is 3.14. The van der Waals surface area contributed by atoms with Crippen LogP contribution in [0.1, 0.15) is 37.3 Å². The zero-order valence-corrected chi connectivity index (χ0v) is 10.8. The number of hydrogen-bond donors (Lipinski definition) is 0. The molecule has 92 valence electrons. The predicted octanol–water partition coefficient (Wildman–Crippen LogP) is 3.43. The molecule has 3 aliphatic carbocycles. The van der Waals surface area contributed by atoms with Gasteiger partial charge in [-0.15, -0.1) is 0 Å². The average Bonchev–Trinajstić information content (AvgIpc) is 2.36. The van der Waals surface area contributed by atoms with Crippen molar-refractivity contribution in [3.8, 4) is 0 Å². The van der Waals surface area contributed by atoms with Crippen LogP contribution in [0.4, 0.5) is 0 Å². The maximum Gasteiger partial charge on any atom is 0.145 e. The molecule has 0 bridgehead atoms. The molecule has 0 aromatic heterocycles. The van der Waals surface area contributed by atoms with Gasteiger partial charge in [-0.3, -0.25) is 4.79 Å². The summed E-state index contributed by atoms with van der Waals surface area (Å²) in [6.07, 6.45) is 8.80. The molecule has 1 saturated carbocycles. The van der Waals surface area contributed by atoms with E-state index in [1.165, 1.54) is 17.5 Å². The number of rotatable bonds is 0. The highest BCUT2D eigenvalue weighted by atomic mass is 16.1. The molecule has 1 nitrogen and oxygen atoms in total. The first-order chi connectivity index (χ1) is 8.71. The molecule has 1 aromatic rings. The Hall–Kier alpha value is -1.37. The Morgan fingerprint density at radius 2 is 2.11 bits per heavy atom. The molecule has 0 unspecified atom stereocenters. The van der Waals surface area contributed by atoms with Gasteiger partial charge < -0.3 is 0 Å². The maximum atomic E-state index is 12.6. The minimum Gasteiger partial charge on any atom is -0.299 e. The molecule has 0 heterocycles. The third kappa shape index (κ3) is 0.911. The van der Waals surface area contributed by atoms with Gasteiger partial charge in [0.15, 0.2) is 0 Å². The first-order valence-electron chi connectivity index (χ1n) is 6.99. The first-order valence-corrected chi connectivity index (χ1v) is 6.99. The number of benzene rings is 1. The summed E-state index contributed by atoms with van der Waals surface area (Å²) in [6, 6.07) is 8.62. The molecule has 0 radical (unpaired) electrons. The standard InChI is InChI=1S/C17H18O/c1-12-5-4-9-16-10-8-13-6-2-3-7-14(13)17(12,16)15(18)11-16/h2-7,12H,8-11H2,1H3/t12-,16+,17+/m0/s1. The summed E-state index contributed by atoms with van der Waals surface area (Å²) >= 11 is 0.